The molecule has 0 amide bonds. The van der Waals surface area contributed by atoms with Gasteiger partial charge in [-0.2, -0.15) is 0 Å². The highest BCUT2D eigenvalue weighted by Crippen LogP contribution is 2.41. The van der Waals surface area contributed by atoms with E-state index in [1.807, 2.05) is 43.5 Å². The number of hydrogen-bond donors (Lipinski definition) is 0. The molecule has 36 heavy (non-hydrogen) atoms. The van der Waals surface area contributed by atoms with E-state index in [1.54, 1.807) is 21.6 Å². The molecule has 6 rings (SSSR count). The number of carbonyl (C=O) groups is 1. The summed E-state index contributed by atoms with van der Waals surface area (Å²) in [4.78, 5) is 24.0. The zero-order chi connectivity index (χ0) is 24.5. The number of aromatic nitrogens is 2. The van der Waals surface area contributed by atoms with Crippen molar-refractivity contribution >= 4 is 44.2 Å². The molecule has 1 aromatic carbocycles. The van der Waals surface area contributed by atoms with E-state index in [0.29, 0.717) is 13.2 Å². The van der Waals surface area contributed by atoms with Gasteiger partial charge in [-0.15, -0.1) is 0 Å². The molecule has 1 atom stereocenters. The van der Waals surface area contributed by atoms with Gasteiger partial charge in [-0.3, -0.25) is 4.79 Å². The Balaban J connectivity index is 1.12. The molecule has 3 aliphatic heterocycles. The first-order valence-corrected chi connectivity index (χ1v) is 14.6. The van der Waals surface area contributed by atoms with Gasteiger partial charge in [0.15, 0.2) is 0 Å². The highest BCUT2D eigenvalue weighted by Gasteiger charge is 2.36. The van der Waals surface area contributed by atoms with Gasteiger partial charge in [-0.25, -0.2) is 9.97 Å². The van der Waals surface area contributed by atoms with Gasteiger partial charge in [0.05, 0.1) is 29.4 Å². The first kappa shape index (κ1) is 23.4. The van der Waals surface area contributed by atoms with E-state index >= 15 is 0 Å². The molecule has 0 bridgehead atoms. The number of rotatable bonds is 8. The van der Waals surface area contributed by atoms with Crippen molar-refractivity contribution in [1.82, 2.24) is 14.9 Å². The van der Waals surface area contributed by atoms with Gasteiger partial charge in [-0.1, -0.05) is 23.8 Å². The summed E-state index contributed by atoms with van der Waals surface area (Å²) < 4.78 is 11.5. The van der Waals surface area contributed by atoms with Crippen LogP contribution in [0.2, 0.25) is 0 Å². The normalized spacial score (nSPS) is 18.5. The molecular weight excluding hydrogens is 490 g/mol. The van der Waals surface area contributed by atoms with Crippen LogP contribution in [0.25, 0.3) is 16.6 Å². The summed E-state index contributed by atoms with van der Waals surface area (Å²) in [5.41, 5.74) is 6.68. The highest BCUT2D eigenvalue weighted by atomic mass is 33.1. The van der Waals surface area contributed by atoms with Crippen LogP contribution in [0, 0.1) is 5.92 Å². The second-order valence-electron chi connectivity index (χ2n) is 9.14. The van der Waals surface area contributed by atoms with Gasteiger partial charge >= 0.3 is 5.97 Å². The predicted molar refractivity (Wildman–Crippen MR) is 145 cm³/mol. The lowest BCUT2D eigenvalue weighted by atomic mass is 9.87. The minimum Gasteiger partial charge on any atom is -0.494 e. The zero-order valence-corrected chi connectivity index (χ0v) is 21.7. The molecule has 3 aromatic rings. The quantitative estimate of drug-likeness (QED) is 0.208. The number of fused-ring (bicyclic) bond motifs is 4. The second-order valence-corrected chi connectivity index (χ2v) is 11.6. The van der Waals surface area contributed by atoms with Gasteiger partial charge in [0, 0.05) is 30.4 Å². The maximum Gasteiger partial charge on any atom is 0.313 e. The topological polar surface area (TPSA) is 64.5 Å². The fraction of sp³-hybridized carbons (Fsp3) is 0.321. The molecule has 3 aliphatic rings. The van der Waals surface area contributed by atoms with Gasteiger partial charge in [0.1, 0.15) is 17.4 Å². The van der Waals surface area contributed by atoms with E-state index < -0.39 is 0 Å². The maximum absolute atomic E-state index is 12.3. The monoisotopic (exact) mass is 517 g/mol. The Kier molecular flexibility index (Phi) is 6.63. The number of hydrogen-bond acceptors (Lipinski definition) is 8. The zero-order valence-electron chi connectivity index (χ0n) is 20.1. The molecule has 0 aliphatic carbocycles. The van der Waals surface area contributed by atoms with E-state index in [9.17, 15) is 4.79 Å². The van der Waals surface area contributed by atoms with E-state index in [0.717, 1.165) is 70.3 Å². The fourth-order valence-electron chi connectivity index (χ4n) is 5.00. The summed E-state index contributed by atoms with van der Waals surface area (Å²) in [6.07, 6.45) is 5.72. The van der Waals surface area contributed by atoms with Crippen molar-refractivity contribution in [3.05, 3.63) is 77.1 Å². The second kappa shape index (κ2) is 10.2. The maximum atomic E-state index is 12.3. The van der Waals surface area contributed by atoms with Gasteiger partial charge < -0.3 is 14.4 Å². The lowest BCUT2D eigenvalue weighted by molar-refractivity contribution is -0.147. The van der Waals surface area contributed by atoms with Crippen LogP contribution in [0.1, 0.15) is 31.0 Å². The smallest absolute Gasteiger partial charge is 0.313 e. The minimum absolute atomic E-state index is 0.107. The summed E-state index contributed by atoms with van der Waals surface area (Å²) in [6.45, 7) is 4.74. The fourth-order valence-corrected chi connectivity index (χ4v) is 6.94. The summed E-state index contributed by atoms with van der Waals surface area (Å²) in [5.74, 6) is 1.60. The molecule has 0 N–H and O–H groups in total. The molecule has 184 valence electrons. The average molecular weight is 518 g/mol. The molecule has 8 heteroatoms. The molecule has 6 nitrogen and oxygen atoms in total. The summed E-state index contributed by atoms with van der Waals surface area (Å²) in [6, 6.07) is 14.3. The predicted octanol–water partition coefficient (Wildman–Crippen LogP) is 5.89. The standard InChI is InChI=1S/C28H27N3O3S2/c1-2-22-23-14-25-27-19(15-31(25)16-20(23)17-34-28(22)32)12-18-13-21(7-8-24(18)30-27)33-10-5-11-35-36-26-6-3-4-9-29-26/h3-4,6-9,12-14,22H,2,5,10-11,15-17H2,1H3. The van der Waals surface area contributed by atoms with Gasteiger partial charge in [0.2, 0.25) is 0 Å². The lowest BCUT2D eigenvalue weighted by Gasteiger charge is -2.33. The number of pyridine rings is 2. The molecular formula is C28H27N3O3S2. The number of nitrogens with zero attached hydrogens (tertiary/aromatic N) is 3. The Bertz CT molecular complexity index is 1370. The van der Waals surface area contributed by atoms with E-state index in [2.05, 4.69) is 28.1 Å². The van der Waals surface area contributed by atoms with Crippen LogP contribution >= 0.6 is 21.6 Å². The van der Waals surface area contributed by atoms with E-state index in [1.165, 1.54) is 11.1 Å². The molecule has 0 fully saturated rings. The minimum atomic E-state index is -0.167. The van der Waals surface area contributed by atoms with Crippen molar-refractivity contribution in [2.45, 2.75) is 31.3 Å². The number of carbonyl (C=O) groups excluding carboxylic acids is 1. The van der Waals surface area contributed by atoms with Gasteiger partial charge in [-0.05, 0) is 82.8 Å². The molecule has 5 heterocycles. The van der Waals surface area contributed by atoms with Crippen LogP contribution in [0.15, 0.2) is 70.9 Å². The molecule has 0 saturated heterocycles. The number of allylic oxidation sites excluding steroid dienone is 1. The average Bonchev–Trinajstić information content (AvgIpc) is 3.24. The third-order valence-electron chi connectivity index (χ3n) is 6.77. The Hall–Kier alpha value is -2.97. The van der Waals surface area contributed by atoms with Crippen LogP contribution in [0.3, 0.4) is 0 Å². The number of ether oxygens (including phenoxy) is 2. The van der Waals surface area contributed by atoms with Crippen molar-refractivity contribution < 1.29 is 14.3 Å². The van der Waals surface area contributed by atoms with Crippen LogP contribution < -0.4 is 4.74 Å². The number of cyclic esters (lactones) is 1. The van der Waals surface area contributed by atoms with Crippen LogP contribution in [0.4, 0.5) is 0 Å². The Morgan fingerprint density at radius 3 is 3.00 bits per heavy atom. The van der Waals surface area contributed by atoms with Crippen molar-refractivity contribution in [3.8, 4) is 5.75 Å². The highest BCUT2D eigenvalue weighted by molar-refractivity contribution is 8.76. The van der Waals surface area contributed by atoms with Crippen LogP contribution in [-0.4, -0.2) is 46.3 Å². The molecule has 0 radical (unpaired) electrons. The van der Waals surface area contributed by atoms with E-state index in [-0.39, 0.29) is 11.9 Å². The third kappa shape index (κ3) is 4.60. The summed E-state index contributed by atoms with van der Waals surface area (Å²) >= 11 is 0. The Morgan fingerprint density at radius 2 is 2.14 bits per heavy atom. The van der Waals surface area contributed by atoms with Crippen LogP contribution in [-0.2, 0) is 16.1 Å². The third-order valence-corrected chi connectivity index (χ3v) is 9.12. The van der Waals surface area contributed by atoms with E-state index in [4.69, 9.17) is 14.5 Å². The lowest BCUT2D eigenvalue weighted by Crippen LogP contribution is -2.34. The molecule has 2 aromatic heterocycles. The number of esters is 1. The first-order chi connectivity index (χ1) is 17.7. The van der Waals surface area contributed by atoms with Crippen molar-refractivity contribution in [2.24, 2.45) is 5.92 Å². The molecule has 0 saturated carbocycles. The largest absolute Gasteiger partial charge is 0.494 e. The Labute approximate surface area is 218 Å². The van der Waals surface area contributed by atoms with Crippen molar-refractivity contribution in [1.29, 1.82) is 0 Å². The van der Waals surface area contributed by atoms with Gasteiger partial charge in [0.25, 0.3) is 0 Å². The molecule has 1 unspecified atom stereocenters. The Morgan fingerprint density at radius 1 is 1.19 bits per heavy atom. The summed E-state index contributed by atoms with van der Waals surface area (Å²) in [5, 5.41) is 2.13. The van der Waals surface area contributed by atoms with Crippen LogP contribution in [0.5, 0.6) is 5.75 Å². The summed E-state index contributed by atoms with van der Waals surface area (Å²) in [7, 11) is 3.50. The van der Waals surface area contributed by atoms with Crippen molar-refractivity contribution in [2.75, 3.05) is 25.5 Å². The SMILES string of the molecule is CCC1C(=O)OCC2=C1C=C1c3nc4ccc(OCCCSSc5ccccn5)cc4cc3CN1C2. The first-order valence-electron chi connectivity index (χ1n) is 12.3. The number of benzene rings is 1. The molecule has 0 spiro atoms. The van der Waals surface area contributed by atoms with Crippen molar-refractivity contribution in [3.63, 3.8) is 0 Å².